The largest absolute Gasteiger partial charge is 0.394 e. The molecule has 1 atom stereocenters. The van der Waals surface area contributed by atoms with Crippen molar-refractivity contribution in [2.24, 2.45) is 5.41 Å². The van der Waals surface area contributed by atoms with Gasteiger partial charge in [-0.25, -0.2) is 0 Å². The van der Waals surface area contributed by atoms with Crippen LogP contribution in [0.3, 0.4) is 0 Å². The van der Waals surface area contributed by atoms with Crippen molar-refractivity contribution in [2.45, 2.75) is 18.9 Å². The molecule has 0 saturated carbocycles. The van der Waals surface area contributed by atoms with Gasteiger partial charge in [-0.15, -0.1) is 0 Å². The highest BCUT2D eigenvalue weighted by molar-refractivity contribution is 5.83. The van der Waals surface area contributed by atoms with Gasteiger partial charge in [0.05, 0.1) is 24.7 Å². The van der Waals surface area contributed by atoms with Crippen LogP contribution in [0.4, 0.5) is 0 Å². The van der Waals surface area contributed by atoms with Crippen LogP contribution in [0.25, 0.3) is 0 Å². The summed E-state index contributed by atoms with van der Waals surface area (Å²) < 4.78 is 5.28. The van der Waals surface area contributed by atoms with Gasteiger partial charge in [0.1, 0.15) is 0 Å². The number of aliphatic hydroxyl groups excluding tert-OH is 1. The Kier molecular flexibility index (Phi) is 5.73. The summed E-state index contributed by atoms with van der Waals surface area (Å²) in [6.07, 6.45) is 1.50. The van der Waals surface area contributed by atoms with E-state index in [0.29, 0.717) is 6.61 Å². The van der Waals surface area contributed by atoms with Crippen molar-refractivity contribution in [3.63, 3.8) is 0 Å². The summed E-state index contributed by atoms with van der Waals surface area (Å²) in [4.78, 5) is 12.7. The quantitative estimate of drug-likeness (QED) is 0.727. The monoisotopic (exact) mass is 292 g/mol. The number of aliphatic hydroxyl groups is 1. The third-order valence-corrected chi connectivity index (χ3v) is 4.15. The van der Waals surface area contributed by atoms with Crippen LogP contribution >= 0.6 is 0 Å². The fourth-order valence-electron chi connectivity index (χ4n) is 2.85. The zero-order valence-electron chi connectivity index (χ0n) is 12.5. The molecular formula is C16H24N2O3. The predicted molar refractivity (Wildman–Crippen MR) is 80.8 cm³/mol. The number of amides is 1. The van der Waals surface area contributed by atoms with Crippen molar-refractivity contribution < 1.29 is 14.6 Å². The lowest BCUT2D eigenvalue weighted by molar-refractivity contribution is -0.137. The molecule has 1 aromatic carbocycles. The van der Waals surface area contributed by atoms with Gasteiger partial charge < -0.3 is 20.5 Å². The Labute approximate surface area is 125 Å². The molecular weight excluding hydrogens is 268 g/mol. The van der Waals surface area contributed by atoms with E-state index in [0.717, 1.165) is 31.5 Å². The first-order valence-electron chi connectivity index (χ1n) is 7.38. The summed E-state index contributed by atoms with van der Waals surface area (Å²) >= 11 is 0. The molecule has 0 aromatic heterocycles. The van der Waals surface area contributed by atoms with Crippen LogP contribution in [0.1, 0.15) is 24.4 Å². The molecule has 5 heteroatoms. The molecule has 1 heterocycles. The maximum absolute atomic E-state index is 12.7. The third-order valence-electron chi connectivity index (χ3n) is 4.15. The summed E-state index contributed by atoms with van der Waals surface area (Å²) in [6, 6.07) is 9.17. The molecule has 0 aliphatic carbocycles. The van der Waals surface area contributed by atoms with Gasteiger partial charge in [0, 0.05) is 7.11 Å². The van der Waals surface area contributed by atoms with E-state index in [1.54, 1.807) is 7.11 Å². The topological polar surface area (TPSA) is 70.6 Å². The van der Waals surface area contributed by atoms with Gasteiger partial charge in [0.25, 0.3) is 0 Å². The lowest BCUT2D eigenvalue weighted by Gasteiger charge is -2.36. The van der Waals surface area contributed by atoms with Gasteiger partial charge in [-0.3, -0.25) is 4.79 Å². The number of benzene rings is 1. The molecule has 21 heavy (non-hydrogen) atoms. The van der Waals surface area contributed by atoms with Crippen molar-refractivity contribution >= 4 is 5.91 Å². The second kappa shape index (κ2) is 7.54. The molecule has 0 spiro atoms. The number of hydrogen-bond acceptors (Lipinski definition) is 4. The number of methoxy groups -OCH3 is 1. The molecule has 1 aliphatic rings. The van der Waals surface area contributed by atoms with Crippen LogP contribution < -0.4 is 10.6 Å². The minimum atomic E-state index is -0.498. The summed E-state index contributed by atoms with van der Waals surface area (Å²) in [5.74, 6) is -0.0336. The van der Waals surface area contributed by atoms with Crippen LogP contribution in [0.2, 0.25) is 0 Å². The van der Waals surface area contributed by atoms with E-state index in [-0.39, 0.29) is 18.6 Å². The van der Waals surface area contributed by atoms with Gasteiger partial charge in [-0.05, 0) is 31.5 Å². The molecule has 5 nitrogen and oxygen atoms in total. The lowest BCUT2D eigenvalue weighted by Crippen LogP contribution is -2.51. The van der Waals surface area contributed by atoms with E-state index in [1.165, 1.54) is 0 Å². The Morgan fingerprint density at radius 2 is 2.05 bits per heavy atom. The summed E-state index contributed by atoms with van der Waals surface area (Å²) in [5.41, 5.74) is 0.414. The van der Waals surface area contributed by atoms with E-state index < -0.39 is 5.41 Å². The van der Waals surface area contributed by atoms with Crippen LogP contribution in [0, 0.1) is 5.41 Å². The molecule has 2 rings (SSSR count). The smallest absolute Gasteiger partial charge is 0.229 e. The van der Waals surface area contributed by atoms with Crippen molar-refractivity contribution in [3.05, 3.63) is 35.9 Å². The molecule has 1 saturated heterocycles. The molecule has 1 aliphatic heterocycles. The van der Waals surface area contributed by atoms with Crippen molar-refractivity contribution in [3.8, 4) is 0 Å². The van der Waals surface area contributed by atoms with Crippen molar-refractivity contribution in [2.75, 3.05) is 33.4 Å². The average Bonchev–Trinajstić information content (AvgIpc) is 2.54. The first kappa shape index (κ1) is 15.9. The highest BCUT2D eigenvalue weighted by atomic mass is 16.5. The Morgan fingerprint density at radius 1 is 1.38 bits per heavy atom. The second-order valence-electron chi connectivity index (χ2n) is 5.58. The number of piperidine rings is 1. The highest BCUT2D eigenvalue weighted by Gasteiger charge is 2.40. The minimum absolute atomic E-state index is 0.0336. The maximum atomic E-state index is 12.7. The number of carbonyl (C=O) groups excluding carboxylic acids is 1. The van der Waals surface area contributed by atoms with Gasteiger partial charge in [-0.1, -0.05) is 30.3 Å². The van der Waals surface area contributed by atoms with E-state index >= 15 is 0 Å². The Bertz CT molecular complexity index is 439. The standard InChI is InChI=1S/C16H24N2O3/c1-21-12-16(7-9-17-10-8-16)15(20)18-14(11-19)13-5-3-2-4-6-13/h2-6,14,17,19H,7-12H2,1H3,(H,18,20). The second-order valence-corrected chi connectivity index (χ2v) is 5.58. The first-order valence-corrected chi connectivity index (χ1v) is 7.38. The van der Waals surface area contributed by atoms with E-state index in [1.807, 2.05) is 30.3 Å². The van der Waals surface area contributed by atoms with E-state index in [2.05, 4.69) is 10.6 Å². The molecule has 1 fully saturated rings. The van der Waals surface area contributed by atoms with Gasteiger partial charge >= 0.3 is 0 Å². The van der Waals surface area contributed by atoms with E-state index in [4.69, 9.17) is 4.74 Å². The normalized spacial score (nSPS) is 19.0. The molecule has 0 radical (unpaired) electrons. The Hall–Kier alpha value is -1.43. The molecule has 3 N–H and O–H groups in total. The maximum Gasteiger partial charge on any atom is 0.229 e. The van der Waals surface area contributed by atoms with Gasteiger partial charge in [-0.2, -0.15) is 0 Å². The highest BCUT2D eigenvalue weighted by Crippen LogP contribution is 2.30. The number of carbonyl (C=O) groups is 1. The van der Waals surface area contributed by atoms with Crippen LogP contribution in [-0.4, -0.2) is 44.4 Å². The molecule has 1 amide bonds. The summed E-state index contributed by atoms with van der Waals surface area (Å²) in [5, 5.41) is 15.8. The number of rotatable bonds is 6. The van der Waals surface area contributed by atoms with Gasteiger partial charge in [0.2, 0.25) is 5.91 Å². The molecule has 1 aromatic rings. The zero-order valence-corrected chi connectivity index (χ0v) is 12.5. The molecule has 116 valence electrons. The van der Waals surface area contributed by atoms with E-state index in [9.17, 15) is 9.90 Å². The van der Waals surface area contributed by atoms with Crippen molar-refractivity contribution in [1.29, 1.82) is 0 Å². The number of ether oxygens (including phenoxy) is 1. The van der Waals surface area contributed by atoms with Crippen LogP contribution in [0.15, 0.2) is 30.3 Å². The summed E-state index contributed by atoms with van der Waals surface area (Å²) in [6.45, 7) is 1.92. The fourth-order valence-corrected chi connectivity index (χ4v) is 2.85. The lowest BCUT2D eigenvalue weighted by atomic mass is 9.78. The Balaban J connectivity index is 2.10. The van der Waals surface area contributed by atoms with Gasteiger partial charge in [0.15, 0.2) is 0 Å². The number of nitrogens with one attached hydrogen (secondary N) is 2. The zero-order chi connectivity index (χ0) is 15.1. The Morgan fingerprint density at radius 3 is 2.62 bits per heavy atom. The summed E-state index contributed by atoms with van der Waals surface area (Å²) in [7, 11) is 1.62. The predicted octanol–water partition coefficient (Wildman–Crippen LogP) is 0.852. The fraction of sp³-hybridized carbons (Fsp3) is 0.562. The van der Waals surface area contributed by atoms with Crippen molar-refractivity contribution in [1.82, 2.24) is 10.6 Å². The first-order chi connectivity index (χ1) is 10.2. The molecule has 1 unspecified atom stereocenters. The third kappa shape index (κ3) is 3.81. The minimum Gasteiger partial charge on any atom is -0.394 e. The average molecular weight is 292 g/mol. The SMILES string of the molecule is COCC1(C(=O)NC(CO)c2ccccc2)CCNCC1. The molecule has 0 bridgehead atoms. The van der Waals surface area contributed by atoms with Crippen LogP contribution in [0.5, 0.6) is 0 Å². The van der Waals surface area contributed by atoms with Crippen LogP contribution in [-0.2, 0) is 9.53 Å². The number of hydrogen-bond donors (Lipinski definition) is 3.